The average molecular weight is 514 g/mol. The number of hydrogen-bond acceptors (Lipinski definition) is 5. The van der Waals surface area contributed by atoms with Crippen LogP contribution in [-0.4, -0.2) is 38.0 Å². The van der Waals surface area contributed by atoms with Gasteiger partial charge in [0.2, 0.25) is 10.0 Å². The van der Waals surface area contributed by atoms with Crippen molar-refractivity contribution < 1.29 is 23.2 Å². The Labute approximate surface area is 214 Å². The summed E-state index contributed by atoms with van der Waals surface area (Å²) >= 11 is 0. The van der Waals surface area contributed by atoms with Crippen LogP contribution in [0.2, 0.25) is 0 Å². The summed E-state index contributed by atoms with van der Waals surface area (Å²) in [6.45, 7) is -0.482. The minimum absolute atomic E-state index is 0.0345. The zero-order chi connectivity index (χ0) is 26.3. The number of hydrogen-bond donors (Lipinski definition) is 4. The maximum atomic E-state index is 13.0. The molecule has 0 aliphatic heterocycles. The highest BCUT2D eigenvalue weighted by molar-refractivity contribution is 7.89. The molecule has 0 aliphatic carbocycles. The van der Waals surface area contributed by atoms with Crippen molar-refractivity contribution in [2.75, 3.05) is 6.54 Å². The van der Waals surface area contributed by atoms with Crippen LogP contribution in [0.4, 0.5) is 0 Å². The molecule has 8 nitrogen and oxygen atoms in total. The van der Waals surface area contributed by atoms with E-state index in [9.17, 15) is 18.0 Å². The molecule has 0 radical (unpaired) electrons. The summed E-state index contributed by atoms with van der Waals surface area (Å²) in [4.78, 5) is 25.0. The Morgan fingerprint density at radius 1 is 0.784 bits per heavy atom. The van der Waals surface area contributed by atoms with Crippen molar-refractivity contribution in [2.24, 2.45) is 0 Å². The second-order valence-electron chi connectivity index (χ2n) is 8.02. The minimum Gasteiger partial charge on any atom is -0.339 e. The van der Waals surface area contributed by atoms with Crippen molar-refractivity contribution in [3.05, 3.63) is 114 Å². The van der Waals surface area contributed by atoms with Crippen LogP contribution < -0.4 is 15.5 Å². The first-order valence-corrected chi connectivity index (χ1v) is 12.7. The number of benzene rings is 4. The van der Waals surface area contributed by atoms with E-state index in [4.69, 9.17) is 5.21 Å². The van der Waals surface area contributed by atoms with Crippen LogP contribution in [0.5, 0.6) is 0 Å². The highest BCUT2D eigenvalue weighted by Crippen LogP contribution is 2.22. The van der Waals surface area contributed by atoms with E-state index in [1.165, 1.54) is 11.5 Å². The van der Waals surface area contributed by atoms with Gasteiger partial charge in [-0.1, -0.05) is 66.4 Å². The number of fused-ring (bicyclic) bond motifs is 1. The zero-order valence-corrected chi connectivity index (χ0v) is 20.3. The molecule has 4 aromatic rings. The van der Waals surface area contributed by atoms with Crippen LogP contribution in [0.15, 0.2) is 102 Å². The molecule has 9 heteroatoms. The summed E-state index contributed by atoms with van der Waals surface area (Å²) in [5, 5.41) is 12.8. The molecule has 0 aliphatic rings. The second kappa shape index (κ2) is 11.5. The molecular formula is C28H23N3O5S. The third-order valence-corrected chi connectivity index (χ3v) is 7.00. The fraction of sp³-hybridized carbons (Fsp3) is 0.0714. The largest absolute Gasteiger partial charge is 0.339 e. The zero-order valence-electron chi connectivity index (χ0n) is 19.5. The van der Waals surface area contributed by atoms with Crippen LogP contribution in [0.25, 0.3) is 10.8 Å². The van der Waals surface area contributed by atoms with E-state index in [1.807, 2.05) is 30.3 Å². The van der Waals surface area contributed by atoms with E-state index < -0.39 is 34.4 Å². The molecule has 0 fully saturated rings. The SMILES string of the molecule is O=C(N[C@@H](CNS(=O)(=O)c1cccc2ccccc12)C(=O)NO)c1ccc(C#Cc2ccccc2)cc1. The summed E-state index contributed by atoms with van der Waals surface area (Å²) in [6, 6.07) is 26.3. The smallest absolute Gasteiger partial charge is 0.267 e. The Balaban J connectivity index is 1.45. The first-order valence-electron chi connectivity index (χ1n) is 11.3. The number of amides is 2. The molecule has 0 aromatic heterocycles. The van der Waals surface area contributed by atoms with Crippen molar-refractivity contribution in [1.29, 1.82) is 0 Å². The fourth-order valence-electron chi connectivity index (χ4n) is 3.60. The molecule has 186 valence electrons. The van der Waals surface area contributed by atoms with Crippen LogP contribution in [0, 0.1) is 11.8 Å². The highest BCUT2D eigenvalue weighted by Gasteiger charge is 2.25. The molecule has 4 aromatic carbocycles. The molecule has 0 unspecified atom stereocenters. The van der Waals surface area contributed by atoms with E-state index in [-0.39, 0.29) is 10.5 Å². The first kappa shape index (κ1) is 25.6. The Bertz CT molecular complexity index is 1590. The van der Waals surface area contributed by atoms with Gasteiger partial charge in [0.1, 0.15) is 6.04 Å². The third kappa shape index (κ3) is 6.39. The van der Waals surface area contributed by atoms with Gasteiger partial charge in [0.05, 0.1) is 4.90 Å². The fourth-order valence-corrected chi connectivity index (χ4v) is 4.88. The van der Waals surface area contributed by atoms with Gasteiger partial charge in [-0.15, -0.1) is 0 Å². The number of hydroxylamine groups is 1. The Hall–Kier alpha value is -4.49. The summed E-state index contributed by atoms with van der Waals surface area (Å²) in [5.74, 6) is 4.43. The van der Waals surface area contributed by atoms with Crippen molar-refractivity contribution in [3.63, 3.8) is 0 Å². The molecule has 0 saturated carbocycles. The van der Waals surface area contributed by atoms with Crippen molar-refractivity contribution in [2.45, 2.75) is 10.9 Å². The molecule has 1 atom stereocenters. The van der Waals surface area contributed by atoms with Crippen LogP contribution in [-0.2, 0) is 14.8 Å². The van der Waals surface area contributed by atoms with Gasteiger partial charge in [-0.05, 0) is 47.9 Å². The number of rotatable bonds is 7. The van der Waals surface area contributed by atoms with Crippen molar-refractivity contribution in [3.8, 4) is 11.8 Å². The van der Waals surface area contributed by atoms with Crippen LogP contribution >= 0.6 is 0 Å². The summed E-state index contributed by atoms with van der Waals surface area (Å²) < 4.78 is 28.3. The quantitative estimate of drug-likeness (QED) is 0.172. The molecular weight excluding hydrogens is 490 g/mol. The topological polar surface area (TPSA) is 125 Å². The predicted molar refractivity (Wildman–Crippen MR) is 139 cm³/mol. The lowest BCUT2D eigenvalue weighted by atomic mass is 10.1. The number of sulfonamides is 1. The van der Waals surface area contributed by atoms with E-state index in [2.05, 4.69) is 21.9 Å². The molecule has 0 saturated heterocycles. The Kier molecular flexibility index (Phi) is 7.95. The summed E-state index contributed by atoms with van der Waals surface area (Å²) in [6.07, 6.45) is 0. The second-order valence-corrected chi connectivity index (χ2v) is 9.76. The predicted octanol–water partition coefficient (Wildman–Crippen LogP) is 2.82. The van der Waals surface area contributed by atoms with E-state index in [0.717, 1.165) is 10.9 Å². The number of carbonyl (C=O) groups is 2. The highest BCUT2D eigenvalue weighted by atomic mass is 32.2. The summed E-state index contributed by atoms with van der Waals surface area (Å²) in [5.41, 5.74) is 3.24. The molecule has 4 N–H and O–H groups in total. The summed E-state index contributed by atoms with van der Waals surface area (Å²) in [7, 11) is -4.04. The molecule has 37 heavy (non-hydrogen) atoms. The molecule has 0 heterocycles. The normalized spacial score (nSPS) is 11.7. The lowest BCUT2D eigenvalue weighted by molar-refractivity contribution is -0.131. The van der Waals surface area contributed by atoms with Gasteiger partial charge >= 0.3 is 0 Å². The number of carbonyl (C=O) groups excluding carboxylic acids is 2. The standard InChI is InChI=1S/C28H23N3O5S/c32-27(23-17-15-21(16-18-23)14-13-20-7-2-1-3-8-20)30-25(28(33)31-34)19-29-37(35,36)26-12-6-10-22-9-4-5-11-24(22)26/h1-12,15-18,25,29,34H,19H2,(H,30,32)(H,31,33)/t25-/m0/s1. The monoisotopic (exact) mass is 513 g/mol. The first-order chi connectivity index (χ1) is 17.9. The van der Waals surface area contributed by atoms with Gasteiger partial charge < -0.3 is 5.32 Å². The Morgan fingerprint density at radius 2 is 1.41 bits per heavy atom. The lowest BCUT2D eigenvalue weighted by Crippen LogP contribution is -2.52. The molecule has 4 rings (SSSR count). The average Bonchev–Trinajstić information content (AvgIpc) is 2.94. The molecule has 2 amide bonds. The molecule has 0 bridgehead atoms. The van der Waals surface area contributed by atoms with Gasteiger partial charge in [0.25, 0.3) is 11.8 Å². The van der Waals surface area contributed by atoms with Gasteiger partial charge in [0.15, 0.2) is 0 Å². The van der Waals surface area contributed by atoms with Crippen LogP contribution in [0.3, 0.4) is 0 Å². The maximum absolute atomic E-state index is 13.0. The van der Waals surface area contributed by atoms with Crippen LogP contribution in [0.1, 0.15) is 21.5 Å². The minimum atomic E-state index is -4.04. The van der Waals surface area contributed by atoms with Gasteiger partial charge in [-0.25, -0.2) is 18.6 Å². The maximum Gasteiger partial charge on any atom is 0.267 e. The molecule has 0 spiro atoms. The third-order valence-electron chi connectivity index (χ3n) is 5.52. The lowest BCUT2D eigenvalue weighted by Gasteiger charge is -2.18. The number of nitrogens with one attached hydrogen (secondary N) is 3. The van der Waals surface area contributed by atoms with E-state index >= 15 is 0 Å². The van der Waals surface area contributed by atoms with Crippen molar-refractivity contribution in [1.82, 2.24) is 15.5 Å². The van der Waals surface area contributed by atoms with Gasteiger partial charge in [-0.2, -0.15) is 0 Å². The van der Waals surface area contributed by atoms with Gasteiger partial charge in [-0.3, -0.25) is 14.8 Å². The van der Waals surface area contributed by atoms with Crippen molar-refractivity contribution >= 4 is 32.6 Å². The van der Waals surface area contributed by atoms with E-state index in [0.29, 0.717) is 10.9 Å². The van der Waals surface area contributed by atoms with Gasteiger partial charge in [0, 0.05) is 28.6 Å². The van der Waals surface area contributed by atoms with E-state index in [1.54, 1.807) is 60.7 Å². The Morgan fingerprint density at radius 3 is 2.11 bits per heavy atom.